The average molecular weight is 253 g/mol. The Hall–Kier alpha value is -1.83. The highest BCUT2D eigenvalue weighted by molar-refractivity contribution is 5.70. The van der Waals surface area contributed by atoms with E-state index in [1.807, 2.05) is 13.1 Å². The molecular weight excluding hydrogens is 234 g/mol. The minimum Gasteiger partial charge on any atom is -0.496 e. The predicted molar refractivity (Wildman–Crippen MR) is 77.6 cm³/mol. The number of rotatable bonds is 2. The Labute approximate surface area is 114 Å². The van der Waals surface area contributed by atoms with Gasteiger partial charge in [0.1, 0.15) is 5.75 Å². The van der Waals surface area contributed by atoms with Crippen LogP contribution in [0.1, 0.15) is 29.7 Å². The SMILES string of the molecule is COc1ccc(-c2ccc(C)nc2)c2c1CCCC2. The molecule has 0 fully saturated rings. The molecule has 1 aromatic heterocycles. The van der Waals surface area contributed by atoms with E-state index in [1.165, 1.54) is 35.1 Å². The third kappa shape index (κ3) is 2.23. The molecule has 0 amide bonds. The molecule has 1 aliphatic carbocycles. The zero-order valence-electron chi connectivity index (χ0n) is 11.6. The molecule has 2 aromatic rings. The third-order valence-corrected chi connectivity index (χ3v) is 3.93. The molecular formula is C17H19NO. The Morgan fingerprint density at radius 3 is 2.47 bits per heavy atom. The van der Waals surface area contributed by atoms with E-state index in [2.05, 4.69) is 29.2 Å². The maximum atomic E-state index is 5.51. The number of pyridine rings is 1. The second-order valence-corrected chi connectivity index (χ2v) is 5.17. The van der Waals surface area contributed by atoms with Crippen molar-refractivity contribution in [2.24, 2.45) is 0 Å². The highest BCUT2D eigenvalue weighted by Gasteiger charge is 2.18. The van der Waals surface area contributed by atoms with Crippen molar-refractivity contribution in [3.05, 3.63) is 47.3 Å². The van der Waals surface area contributed by atoms with E-state index in [4.69, 9.17) is 4.74 Å². The Bertz CT molecular complexity index is 587. The Morgan fingerprint density at radius 2 is 1.79 bits per heavy atom. The van der Waals surface area contributed by atoms with Crippen LogP contribution in [-0.4, -0.2) is 12.1 Å². The highest BCUT2D eigenvalue weighted by atomic mass is 16.5. The predicted octanol–water partition coefficient (Wildman–Crippen LogP) is 3.94. The van der Waals surface area contributed by atoms with E-state index < -0.39 is 0 Å². The zero-order valence-corrected chi connectivity index (χ0v) is 11.6. The lowest BCUT2D eigenvalue weighted by atomic mass is 9.85. The lowest BCUT2D eigenvalue weighted by Gasteiger charge is -2.22. The first kappa shape index (κ1) is 12.2. The topological polar surface area (TPSA) is 22.1 Å². The summed E-state index contributed by atoms with van der Waals surface area (Å²) >= 11 is 0. The van der Waals surface area contributed by atoms with Crippen LogP contribution >= 0.6 is 0 Å². The minimum atomic E-state index is 1.04. The van der Waals surface area contributed by atoms with Crippen molar-refractivity contribution in [1.29, 1.82) is 0 Å². The van der Waals surface area contributed by atoms with Crippen molar-refractivity contribution in [2.45, 2.75) is 32.6 Å². The number of hydrogen-bond donors (Lipinski definition) is 0. The highest BCUT2D eigenvalue weighted by Crippen LogP contribution is 2.36. The molecule has 0 N–H and O–H groups in total. The summed E-state index contributed by atoms with van der Waals surface area (Å²) in [4.78, 5) is 4.42. The number of aromatic nitrogens is 1. The second-order valence-electron chi connectivity index (χ2n) is 5.17. The van der Waals surface area contributed by atoms with Gasteiger partial charge in [-0.25, -0.2) is 0 Å². The van der Waals surface area contributed by atoms with Crippen LogP contribution in [0.5, 0.6) is 5.75 Å². The van der Waals surface area contributed by atoms with Crippen LogP contribution in [0.25, 0.3) is 11.1 Å². The molecule has 3 rings (SSSR count). The molecule has 19 heavy (non-hydrogen) atoms. The molecule has 1 heterocycles. The molecule has 0 unspecified atom stereocenters. The number of hydrogen-bond acceptors (Lipinski definition) is 2. The fourth-order valence-corrected chi connectivity index (χ4v) is 2.92. The first-order valence-electron chi connectivity index (χ1n) is 6.91. The van der Waals surface area contributed by atoms with Crippen LogP contribution in [0, 0.1) is 6.92 Å². The van der Waals surface area contributed by atoms with E-state index in [1.54, 1.807) is 7.11 Å². The van der Waals surface area contributed by atoms with Crippen LogP contribution in [0.4, 0.5) is 0 Å². The second kappa shape index (κ2) is 5.04. The quantitative estimate of drug-likeness (QED) is 0.808. The zero-order chi connectivity index (χ0) is 13.2. The standard InChI is InChI=1S/C17H19NO/c1-12-7-8-13(11-18-12)14-9-10-17(19-2)16-6-4-3-5-15(14)16/h7-11H,3-6H2,1-2H3. The van der Waals surface area contributed by atoms with Gasteiger partial charge in [0.2, 0.25) is 0 Å². The van der Waals surface area contributed by atoms with E-state index in [-0.39, 0.29) is 0 Å². The number of benzene rings is 1. The lowest BCUT2D eigenvalue weighted by molar-refractivity contribution is 0.406. The number of ether oxygens (including phenoxy) is 1. The largest absolute Gasteiger partial charge is 0.496 e. The Morgan fingerprint density at radius 1 is 1.00 bits per heavy atom. The molecule has 0 saturated carbocycles. The summed E-state index contributed by atoms with van der Waals surface area (Å²) in [5.41, 5.74) is 6.45. The first-order valence-corrected chi connectivity index (χ1v) is 6.91. The van der Waals surface area contributed by atoms with Gasteiger partial charge in [-0.1, -0.05) is 12.1 Å². The number of methoxy groups -OCH3 is 1. The lowest BCUT2D eigenvalue weighted by Crippen LogP contribution is -2.07. The summed E-state index contributed by atoms with van der Waals surface area (Å²) in [5.74, 6) is 1.04. The van der Waals surface area contributed by atoms with E-state index in [0.29, 0.717) is 0 Å². The molecule has 98 valence electrons. The average Bonchev–Trinajstić information content (AvgIpc) is 2.47. The van der Waals surface area contributed by atoms with Crippen molar-refractivity contribution in [2.75, 3.05) is 7.11 Å². The van der Waals surface area contributed by atoms with E-state index >= 15 is 0 Å². The number of nitrogens with zero attached hydrogens (tertiary/aromatic N) is 1. The van der Waals surface area contributed by atoms with Crippen LogP contribution in [0.15, 0.2) is 30.5 Å². The summed E-state index contributed by atoms with van der Waals surface area (Å²) in [5, 5.41) is 0. The molecule has 2 nitrogen and oxygen atoms in total. The molecule has 2 heteroatoms. The summed E-state index contributed by atoms with van der Waals surface area (Å²) in [7, 11) is 1.76. The van der Waals surface area contributed by atoms with Crippen molar-refractivity contribution in [3.63, 3.8) is 0 Å². The van der Waals surface area contributed by atoms with Gasteiger partial charge in [0.15, 0.2) is 0 Å². The van der Waals surface area contributed by atoms with E-state index in [0.717, 1.165) is 24.3 Å². The fraction of sp³-hybridized carbons (Fsp3) is 0.353. The Kier molecular flexibility index (Phi) is 3.24. The monoisotopic (exact) mass is 253 g/mol. The number of fused-ring (bicyclic) bond motifs is 1. The van der Waals surface area contributed by atoms with Crippen LogP contribution in [0.2, 0.25) is 0 Å². The molecule has 0 spiro atoms. The van der Waals surface area contributed by atoms with Gasteiger partial charge in [0, 0.05) is 17.5 Å². The summed E-state index contributed by atoms with van der Waals surface area (Å²) in [6.45, 7) is 2.02. The van der Waals surface area contributed by atoms with Crippen LogP contribution in [-0.2, 0) is 12.8 Å². The molecule has 0 atom stereocenters. The maximum absolute atomic E-state index is 5.51. The van der Waals surface area contributed by atoms with Crippen LogP contribution in [0.3, 0.4) is 0 Å². The fourth-order valence-electron chi connectivity index (χ4n) is 2.92. The minimum absolute atomic E-state index is 1.04. The summed E-state index contributed by atoms with van der Waals surface area (Å²) in [6, 6.07) is 8.52. The molecule has 0 aliphatic heterocycles. The summed E-state index contributed by atoms with van der Waals surface area (Å²) < 4.78 is 5.51. The third-order valence-electron chi connectivity index (χ3n) is 3.93. The van der Waals surface area contributed by atoms with Gasteiger partial charge in [0.05, 0.1) is 7.11 Å². The van der Waals surface area contributed by atoms with Gasteiger partial charge >= 0.3 is 0 Å². The van der Waals surface area contributed by atoms with Gasteiger partial charge < -0.3 is 4.74 Å². The molecule has 0 saturated heterocycles. The van der Waals surface area contributed by atoms with Crippen LogP contribution < -0.4 is 4.74 Å². The van der Waals surface area contributed by atoms with E-state index in [9.17, 15) is 0 Å². The first-order chi connectivity index (χ1) is 9.29. The normalized spacial score (nSPS) is 14.0. The smallest absolute Gasteiger partial charge is 0.122 e. The van der Waals surface area contributed by atoms with Crippen molar-refractivity contribution in [3.8, 4) is 16.9 Å². The van der Waals surface area contributed by atoms with Gasteiger partial charge in [-0.2, -0.15) is 0 Å². The van der Waals surface area contributed by atoms with Gasteiger partial charge in [0.25, 0.3) is 0 Å². The maximum Gasteiger partial charge on any atom is 0.122 e. The van der Waals surface area contributed by atoms with Gasteiger partial charge in [-0.15, -0.1) is 0 Å². The molecule has 1 aliphatic rings. The molecule has 0 radical (unpaired) electrons. The van der Waals surface area contributed by atoms with Crippen molar-refractivity contribution < 1.29 is 4.74 Å². The molecule has 1 aromatic carbocycles. The number of aryl methyl sites for hydroxylation is 1. The Balaban J connectivity index is 2.14. The van der Waals surface area contributed by atoms with Gasteiger partial charge in [-0.3, -0.25) is 4.98 Å². The van der Waals surface area contributed by atoms with Crippen molar-refractivity contribution >= 4 is 0 Å². The van der Waals surface area contributed by atoms with Gasteiger partial charge in [-0.05, 0) is 61.4 Å². The van der Waals surface area contributed by atoms with Crippen molar-refractivity contribution in [1.82, 2.24) is 4.98 Å². The summed E-state index contributed by atoms with van der Waals surface area (Å²) in [6.07, 6.45) is 6.79. The molecule has 0 bridgehead atoms.